The summed E-state index contributed by atoms with van der Waals surface area (Å²) in [6, 6.07) is 13.1. The third-order valence-electron chi connectivity index (χ3n) is 4.87. The van der Waals surface area contributed by atoms with E-state index in [0.717, 1.165) is 41.7 Å². The predicted molar refractivity (Wildman–Crippen MR) is 93.7 cm³/mol. The number of rotatable bonds is 5. The molecule has 27 heavy (non-hydrogen) atoms. The highest BCUT2D eigenvalue weighted by molar-refractivity contribution is 5.53. The van der Waals surface area contributed by atoms with Gasteiger partial charge in [0.05, 0.1) is 12.1 Å². The minimum atomic E-state index is -4.32. The molecule has 0 bridgehead atoms. The van der Waals surface area contributed by atoms with Gasteiger partial charge in [0.25, 0.3) is 5.89 Å². The molecule has 2 aromatic carbocycles. The molecule has 0 saturated heterocycles. The summed E-state index contributed by atoms with van der Waals surface area (Å²) in [5.41, 5.74) is 1.89. The highest BCUT2D eigenvalue weighted by Gasteiger charge is 2.44. The van der Waals surface area contributed by atoms with Crippen molar-refractivity contribution in [3.8, 4) is 11.5 Å². The van der Waals surface area contributed by atoms with Crippen molar-refractivity contribution in [3.05, 3.63) is 71.0 Å². The van der Waals surface area contributed by atoms with Crippen LogP contribution in [-0.2, 0) is 18.3 Å². The van der Waals surface area contributed by atoms with E-state index in [9.17, 15) is 13.2 Å². The van der Waals surface area contributed by atoms with Gasteiger partial charge < -0.3 is 9.84 Å². The van der Waals surface area contributed by atoms with Crippen molar-refractivity contribution in [3.63, 3.8) is 0 Å². The normalized spacial score (nSPS) is 15.7. The van der Waals surface area contributed by atoms with Gasteiger partial charge in [-0.05, 0) is 49.6 Å². The Kier molecular flexibility index (Phi) is 4.26. The fourth-order valence-corrected chi connectivity index (χ4v) is 3.06. The summed E-state index contributed by atoms with van der Waals surface area (Å²) < 4.78 is 43.5. The van der Waals surface area contributed by atoms with Crippen LogP contribution in [0.1, 0.15) is 35.4 Å². The molecule has 0 amide bonds. The van der Waals surface area contributed by atoms with E-state index in [4.69, 9.17) is 4.52 Å². The van der Waals surface area contributed by atoms with E-state index in [-0.39, 0.29) is 5.54 Å². The van der Waals surface area contributed by atoms with Crippen molar-refractivity contribution in [1.82, 2.24) is 15.5 Å². The van der Waals surface area contributed by atoms with Gasteiger partial charge in [0.15, 0.2) is 5.82 Å². The maximum Gasteiger partial charge on any atom is 0.416 e. The fraction of sp³-hybridized carbons (Fsp3) is 0.300. The van der Waals surface area contributed by atoms with Crippen molar-refractivity contribution < 1.29 is 17.7 Å². The Balaban J connectivity index is 1.43. The number of hydrogen-bond donors (Lipinski definition) is 1. The Labute approximate surface area is 154 Å². The number of aryl methyl sites for hydroxylation is 1. The smallest absolute Gasteiger partial charge is 0.334 e. The molecule has 0 unspecified atom stereocenters. The SMILES string of the molecule is Cc1ccc(-c2nc(CNC3(c4ccc(C(F)(F)F)cc4)CC3)no2)cc1. The Hall–Kier alpha value is -2.67. The lowest BCUT2D eigenvalue weighted by Crippen LogP contribution is -2.28. The van der Waals surface area contributed by atoms with E-state index in [2.05, 4.69) is 15.5 Å². The Morgan fingerprint density at radius 1 is 1.04 bits per heavy atom. The minimum Gasteiger partial charge on any atom is -0.334 e. The molecule has 1 heterocycles. The van der Waals surface area contributed by atoms with Crippen molar-refractivity contribution >= 4 is 0 Å². The summed E-state index contributed by atoms with van der Waals surface area (Å²) in [6.07, 6.45) is -2.60. The largest absolute Gasteiger partial charge is 0.416 e. The molecule has 0 aliphatic heterocycles. The molecule has 3 aromatic rings. The lowest BCUT2D eigenvalue weighted by atomic mass is 10.0. The molecule has 1 aliphatic carbocycles. The van der Waals surface area contributed by atoms with Crippen LogP contribution in [-0.4, -0.2) is 10.1 Å². The maximum atomic E-state index is 12.7. The second-order valence-corrected chi connectivity index (χ2v) is 6.89. The Morgan fingerprint density at radius 2 is 1.70 bits per heavy atom. The third kappa shape index (κ3) is 3.73. The quantitative estimate of drug-likeness (QED) is 0.695. The number of aromatic nitrogens is 2. The summed E-state index contributed by atoms with van der Waals surface area (Å²) in [6.45, 7) is 2.39. The highest BCUT2D eigenvalue weighted by Crippen LogP contribution is 2.46. The molecule has 1 saturated carbocycles. The molecule has 1 aromatic heterocycles. The van der Waals surface area contributed by atoms with Crippen LogP contribution in [0, 0.1) is 6.92 Å². The summed E-state index contributed by atoms with van der Waals surface area (Å²) in [5, 5.41) is 7.36. The first kappa shape index (κ1) is 17.7. The molecule has 1 fully saturated rings. The van der Waals surface area contributed by atoms with Gasteiger partial charge in [-0.15, -0.1) is 0 Å². The monoisotopic (exact) mass is 373 g/mol. The van der Waals surface area contributed by atoms with Crippen LogP contribution in [0.5, 0.6) is 0 Å². The first-order valence-corrected chi connectivity index (χ1v) is 8.68. The molecular weight excluding hydrogens is 355 g/mol. The zero-order valence-electron chi connectivity index (χ0n) is 14.7. The second-order valence-electron chi connectivity index (χ2n) is 6.89. The fourth-order valence-electron chi connectivity index (χ4n) is 3.06. The first-order valence-electron chi connectivity index (χ1n) is 8.68. The van der Waals surface area contributed by atoms with Crippen LogP contribution < -0.4 is 5.32 Å². The molecule has 1 N–H and O–H groups in total. The minimum absolute atomic E-state index is 0.311. The molecule has 140 valence electrons. The van der Waals surface area contributed by atoms with Gasteiger partial charge in [0.1, 0.15) is 0 Å². The summed E-state index contributed by atoms with van der Waals surface area (Å²) >= 11 is 0. The van der Waals surface area contributed by atoms with Crippen molar-refractivity contribution in [2.24, 2.45) is 0 Å². The zero-order valence-corrected chi connectivity index (χ0v) is 14.7. The molecule has 1 aliphatic rings. The number of benzene rings is 2. The molecule has 4 rings (SSSR count). The van der Waals surface area contributed by atoms with Gasteiger partial charge in [0, 0.05) is 11.1 Å². The maximum absolute atomic E-state index is 12.7. The molecule has 4 nitrogen and oxygen atoms in total. The van der Waals surface area contributed by atoms with Crippen LogP contribution in [0.4, 0.5) is 13.2 Å². The standard InChI is InChI=1S/C20H18F3N3O/c1-13-2-4-14(5-3-13)18-25-17(26-27-18)12-24-19(10-11-19)15-6-8-16(9-7-15)20(21,22)23/h2-9,24H,10-12H2,1H3. The van der Waals surface area contributed by atoms with E-state index in [0.29, 0.717) is 18.3 Å². The molecule has 0 radical (unpaired) electrons. The van der Waals surface area contributed by atoms with Crippen molar-refractivity contribution in [1.29, 1.82) is 0 Å². The number of hydrogen-bond acceptors (Lipinski definition) is 4. The topological polar surface area (TPSA) is 51.0 Å². The van der Waals surface area contributed by atoms with Gasteiger partial charge in [-0.1, -0.05) is 35.0 Å². The van der Waals surface area contributed by atoms with Crippen LogP contribution >= 0.6 is 0 Å². The lowest BCUT2D eigenvalue weighted by Gasteiger charge is -2.17. The number of nitrogens with zero attached hydrogens (tertiary/aromatic N) is 2. The van der Waals surface area contributed by atoms with Crippen LogP contribution in [0.2, 0.25) is 0 Å². The van der Waals surface area contributed by atoms with Gasteiger partial charge in [-0.2, -0.15) is 18.2 Å². The average molecular weight is 373 g/mol. The Morgan fingerprint density at radius 3 is 2.30 bits per heavy atom. The molecule has 7 heteroatoms. The summed E-state index contributed by atoms with van der Waals surface area (Å²) in [4.78, 5) is 4.39. The zero-order chi connectivity index (χ0) is 19.1. The van der Waals surface area contributed by atoms with Gasteiger partial charge in [-0.25, -0.2) is 0 Å². The van der Waals surface area contributed by atoms with E-state index in [1.54, 1.807) is 0 Å². The number of nitrogens with one attached hydrogen (secondary N) is 1. The van der Waals surface area contributed by atoms with Crippen molar-refractivity contribution in [2.45, 2.75) is 38.0 Å². The van der Waals surface area contributed by atoms with Crippen LogP contribution in [0.15, 0.2) is 53.1 Å². The van der Waals surface area contributed by atoms with E-state index in [1.165, 1.54) is 12.1 Å². The summed E-state index contributed by atoms with van der Waals surface area (Å²) in [5.74, 6) is 0.968. The van der Waals surface area contributed by atoms with Crippen LogP contribution in [0.25, 0.3) is 11.5 Å². The number of alkyl halides is 3. The van der Waals surface area contributed by atoms with Gasteiger partial charge in [0.2, 0.25) is 0 Å². The summed E-state index contributed by atoms with van der Waals surface area (Å²) in [7, 11) is 0. The second kappa shape index (κ2) is 6.49. The van der Waals surface area contributed by atoms with Crippen molar-refractivity contribution in [2.75, 3.05) is 0 Å². The van der Waals surface area contributed by atoms with Crippen LogP contribution in [0.3, 0.4) is 0 Å². The third-order valence-corrected chi connectivity index (χ3v) is 4.87. The lowest BCUT2D eigenvalue weighted by molar-refractivity contribution is -0.137. The molecule has 0 atom stereocenters. The van der Waals surface area contributed by atoms with E-state index >= 15 is 0 Å². The van der Waals surface area contributed by atoms with Gasteiger partial charge >= 0.3 is 6.18 Å². The molecular formula is C20H18F3N3O. The van der Waals surface area contributed by atoms with E-state index in [1.807, 2.05) is 31.2 Å². The predicted octanol–water partition coefficient (Wildman–Crippen LogP) is 4.84. The van der Waals surface area contributed by atoms with Gasteiger partial charge in [-0.3, -0.25) is 0 Å². The van der Waals surface area contributed by atoms with E-state index < -0.39 is 11.7 Å². The highest BCUT2D eigenvalue weighted by atomic mass is 19.4. The first-order chi connectivity index (χ1) is 12.9. The average Bonchev–Trinajstić information content (AvgIpc) is 3.30. The Bertz CT molecular complexity index is 926. The molecule has 0 spiro atoms. The number of halogens is 3.